The van der Waals surface area contributed by atoms with Crippen molar-refractivity contribution in [2.75, 3.05) is 6.54 Å². The normalized spacial score (nSPS) is 11.7. The van der Waals surface area contributed by atoms with Crippen LogP contribution in [0.1, 0.15) is 48.9 Å². The van der Waals surface area contributed by atoms with Gasteiger partial charge in [0, 0.05) is 13.1 Å². The molecule has 2 amide bonds. The molecule has 1 N–H and O–H groups in total. The minimum Gasteiger partial charge on any atom is -0.354 e. The molecule has 28 heavy (non-hydrogen) atoms. The van der Waals surface area contributed by atoms with Crippen LogP contribution in [0.5, 0.6) is 0 Å². The van der Waals surface area contributed by atoms with Crippen molar-refractivity contribution in [3.63, 3.8) is 0 Å². The van der Waals surface area contributed by atoms with Gasteiger partial charge in [0.15, 0.2) is 0 Å². The zero-order valence-electron chi connectivity index (χ0n) is 17.5. The Morgan fingerprint density at radius 3 is 2.36 bits per heavy atom. The van der Waals surface area contributed by atoms with E-state index in [1.165, 1.54) is 5.56 Å². The van der Waals surface area contributed by atoms with E-state index >= 15 is 0 Å². The zero-order chi connectivity index (χ0) is 20.5. The molecule has 0 aliphatic heterocycles. The van der Waals surface area contributed by atoms with Crippen LogP contribution >= 0.6 is 0 Å². The molecule has 0 aliphatic carbocycles. The van der Waals surface area contributed by atoms with E-state index in [0.717, 1.165) is 29.5 Å². The molecule has 2 aromatic carbocycles. The van der Waals surface area contributed by atoms with Crippen molar-refractivity contribution >= 4 is 11.8 Å². The summed E-state index contributed by atoms with van der Waals surface area (Å²) in [6, 6.07) is 15.5. The first kappa shape index (κ1) is 21.7. The lowest BCUT2D eigenvalue weighted by atomic mass is 10.1. The standard InChI is InChI=1S/C24H32N2O2/c1-5-6-14-25-24(28)20(4)26(17-21-12-10-18(2)11-13-21)23(27)16-22-9-7-8-19(3)15-22/h7-13,15,20H,5-6,14,16-17H2,1-4H3,(H,25,28)/t20-/m1/s1. The molecule has 0 bridgehead atoms. The smallest absolute Gasteiger partial charge is 0.242 e. The number of aryl methyl sites for hydroxylation is 2. The van der Waals surface area contributed by atoms with Crippen LogP contribution in [-0.2, 0) is 22.6 Å². The van der Waals surface area contributed by atoms with Crippen molar-refractivity contribution in [3.8, 4) is 0 Å². The average molecular weight is 381 g/mol. The van der Waals surface area contributed by atoms with Gasteiger partial charge in [0.25, 0.3) is 0 Å². The Morgan fingerprint density at radius 1 is 1.00 bits per heavy atom. The van der Waals surface area contributed by atoms with E-state index < -0.39 is 6.04 Å². The lowest BCUT2D eigenvalue weighted by molar-refractivity contribution is -0.140. The maximum atomic E-state index is 13.1. The number of nitrogens with zero attached hydrogens (tertiary/aromatic N) is 1. The molecule has 4 heteroatoms. The molecule has 0 heterocycles. The van der Waals surface area contributed by atoms with Gasteiger partial charge < -0.3 is 10.2 Å². The van der Waals surface area contributed by atoms with Gasteiger partial charge in [-0.15, -0.1) is 0 Å². The molecule has 4 nitrogen and oxygen atoms in total. The van der Waals surface area contributed by atoms with Crippen molar-refractivity contribution in [1.82, 2.24) is 10.2 Å². The lowest BCUT2D eigenvalue weighted by Gasteiger charge is -2.29. The topological polar surface area (TPSA) is 49.4 Å². The van der Waals surface area contributed by atoms with E-state index in [1.807, 2.05) is 69.3 Å². The average Bonchev–Trinajstić information content (AvgIpc) is 2.67. The molecule has 1 atom stereocenters. The van der Waals surface area contributed by atoms with Gasteiger partial charge in [-0.05, 0) is 38.3 Å². The van der Waals surface area contributed by atoms with Gasteiger partial charge in [-0.1, -0.05) is 73.0 Å². The third-order valence-electron chi connectivity index (χ3n) is 4.91. The Bertz CT molecular complexity index is 783. The molecule has 2 rings (SSSR count). The first-order valence-electron chi connectivity index (χ1n) is 10.1. The first-order valence-corrected chi connectivity index (χ1v) is 10.1. The third kappa shape index (κ3) is 6.52. The van der Waals surface area contributed by atoms with Crippen LogP contribution in [0.25, 0.3) is 0 Å². The number of benzene rings is 2. The summed E-state index contributed by atoms with van der Waals surface area (Å²) in [7, 11) is 0. The van der Waals surface area contributed by atoms with Crippen LogP contribution < -0.4 is 5.32 Å². The molecule has 150 valence electrons. The Kier molecular flexibility index (Phi) is 8.24. The molecule has 2 aromatic rings. The second-order valence-electron chi connectivity index (χ2n) is 7.49. The minimum absolute atomic E-state index is 0.0377. The van der Waals surface area contributed by atoms with Gasteiger partial charge >= 0.3 is 0 Å². The van der Waals surface area contributed by atoms with Crippen LogP contribution in [0, 0.1) is 13.8 Å². The summed E-state index contributed by atoms with van der Waals surface area (Å²) in [6.45, 7) is 9.02. The highest BCUT2D eigenvalue weighted by atomic mass is 16.2. The molecular weight excluding hydrogens is 348 g/mol. The number of rotatable bonds is 9. The maximum Gasteiger partial charge on any atom is 0.242 e. The van der Waals surface area contributed by atoms with E-state index in [0.29, 0.717) is 19.5 Å². The number of hydrogen-bond acceptors (Lipinski definition) is 2. The summed E-state index contributed by atoms with van der Waals surface area (Å²) in [5.74, 6) is -0.137. The van der Waals surface area contributed by atoms with Gasteiger partial charge in [0.2, 0.25) is 11.8 Å². The monoisotopic (exact) mass is 380 g/mol. The molecule has 0 aromatic heterocycles. The largest absolute Gasteiger partial charge is 0.354 e. The Labute approximate surface area is 169 Å². The SMILES string of the molecule is CCCCNC(=O)[C@@H](C)N(Cc1ccc(C)cc1)C(=O)Cc1cccc(C)c1. The number of carbonyl (C=O) groups excluding carboxylic acids is 2. The summed E-state index contributed by atoms with van der Waals surface area (Å²) in [5, 5.41) is 2.95. The second-order valence-corrected chi connectivity index (χ2v) is 7.49. The van der Waals surface area contributed by atoms with Gasteiger partial charge in [-0.3, -0.25) is 9.59 Å². The molecular formula is C24H32N2O2. The van der Waals surface area contributed by atoms with E-state index in [-0.39, 0.29) is 11.8 Å². The van der Waals surface area contributed by atoms with Gasteiger partial charge in [-0.2, -0.15) is 0 Å². The fraction of sp³-hybridized carbons (Fsp3) is 0.417. The van der Waals surface area contributed by atoms with Crippen molar-refractivity contribution in [2.45, 2.75) is 59.5 Å². The Hall–Kier alpha value is -2.62. The molecule has 0 saturated carbocycles. The minimum atomic E-state index is -0.518. The third-order valence-corrected chi connectivity index (χ3v) is 4.91. The predicted molar refractivity (Wildman–Crippen MR) is 114 cm³/mol. The molecule has 0 aliphatic rings. The van der Waals surface area contributed by atoms with Crippen LogP contribution in [0.15, 0.2) is 48.5 Å². The van der Waals surface area contributed by atoms with Gasteiger partial charge in [0.05, 0.1) is 6.42 Å². The number of hydrogen-bond donors (Lipinski definition) is 1. The summed E-state index contributed by atoms with van der Waals surface area (Å²) >= 11 is 0. The van der Waals surface area contributed by atoms with E-state index in [9.17, 15) is 9.59 Å². The van der Waals surface area contributed by atoms with Gasteiger partial charge in [-0.25, -0.2) is 0 Å². The summed E-state index contributed by atoms with van der Waals surface area (Å²) in [5.41, 5.74) is 4.29. The molecule has 0 saturated heterocycles. The fourth-order valence-corrected chi connectivity index (χ4v) is 3.11. The number of amides is 2. The van der Waals surface area contributed by atoms with E-state index in [2.05, 4.69) is 12.2 Å². The Balaban J connectivity index is 2.17. The Morgan fingerprint density at radius 2 is 1.71 bits per heavy atom. The summed E-state index contributed by atoms with van der Waals surface area (Å²) in [6.07, 6.45) is 2.25. The highest BCUT2D eigenvalue weighted by Crippen LogP contribution is 2.14. The van der Waals surface area contributed by atoms with Crippen molar-refractivity contribution in [3.05, 3.63) is 70.8 Å². The second kappa shape index (κ2) is 10.6. The van der Waals surface area contributed by atoms with Crippen LogP contribution in [0.4, 0.5) is 0 Å². The zero-order valence-corrected chi connectivity index (χ0v) is 17.5. The molecule has 0 spiro atoms. The van der Waals surface area contributed by atoms with Crippen molar-refractivity contribution < 1.29 is 9.59 Å². The molecule has 0 radical (unpaired) electrons. The van der Waals surface area contributed by atoms with Crippen molar-refractivity contribution in [2.24, 2.45) is 0 Å². The van der Waals surface area contributed by atoms with E-state index in [4.69, 9.17) is 0 Å². The van der Waals surface area contributed by atoms with E-state index in [1.54, 1.807) is 4.90 Å². The van der Waals surface area contributed by atoms with Crippen LogP contribution in [-0.4, -0.2) is 29.3 Å². The number of unbranched alkanes of at least 4 members (excludes halogenated alkanes) is 1. The fourth-order valence-electron chi connectivity index (χ4n) is 3.11. The van der Waals surface area contributed by atoms with Crippen LogP contribution in [0.2, 0.25) is 0 Å². The summed E-state index contributed by atoms with van der Waals surface area (Å²) in [4.78, 5) is 27.4. The number of nitrogens with one attached hydrogen (secondary N) is 1. The summed E-state index contributed by atoms with van der Waals surface area (Å²) < 4.78 is 0. The van der Waals surface area contributed by atoms with Crippen LogP contribution in [0.3, 0.4) is 0 Å². The van der Waals surface area contributed by atoms with Crippen molar-refractivity contribution in [1.29, 1.82) is 0 Å². The maximum absolute atomic E-state index is 13.1. The molecule has 0 fully saturated rings. The molecule has 0 unspecified atom stereocenters. The quantitative estimate of drug-likeness (QED) is 0.664. The first-order chi connectivity index (χ1) is 13.4. The number of carbonyl (C=O) groups is 2. The highest BCUT2D eigenvalue weighted by molar-refractivity contribution is 5.88. The lowest BCUT2D eigenvalue weighted by Crippen LogP contribution is -2.48. The van der Waals surface area contributed by atoms with Gasteiger partial charge in [0.1, 0.15) is 6.04 Å². The highest BCUT2D eigenvalue weighted by Gasteiger charge is 2.26. The predicted octanol–water partition coefficient (Wildman–Crippen LogP) is 4.18.